The van der Waals surface area contributed by atoms with Gasteiger partial charge < -0.3 is 11.1 Å². The molecule has 0 bridgehead atoms. The molecule has 0 spiro atoms. The Balaban J connectivity index is 2.10. The summed E-state index contributed by atoms with van der Waals surface area (Å²) >= 11 is 1.87. The Morgan fingerprint density at radius 3 is 2.79 bits per heavy atom. The number of thioether (sulfide) groups is 1. The third-order valence-electron chi connectivity index (χ3n) is 3.02. The van der Waals surface area contributed by atoms with E-state index in [1.807, 2.05) is 36.0 Å². The van der Waals surface area contributed by atoms with E-state index < -0.39 is 0 Å². The number of nitrogens with two attached hydrogens (primary N) is 1. The quantitative estimate of drug-likeness (QED) is 0.540. The zero-order chi connectivity index (χ0) is 13.9. The molecule has 0 saturated heterocycles. The molecule has 3 nitrogen and oxygen atoms in total. The fraction of sp³-hybridized carbons (Fsp3) is 0.533. The molecular weight excluding hydrogens is 256 g/mol. The van der Waals surface area contributed by atoms with E-state index in [0.717, 1.165) is 24.2 Å². The molecular formula is C15H24N2OS. The van der Waals surface area contributed by atoms with Crippen molar-refractivity contribution in [2.75, 3.05) is 24.3 Å². The highest BCUT2D eigenvalue weighted by atomic mass is 32.2. The summed E-state index contributed by atoms with van der Waals surface area (Å²) in [7, 11) is 0. The maximum atomic E-state index is 11.7. The fourth-order valence-corrected chi connectivity index (χ4v) is 2.37. The molecule has 1 rings (SSSR count). The standard InChI is InChI=1S/C15H24N2OS/c1-19-12-6-2-5-11-17-15(18)10-9-13-7-3-4-8-14(13)16/h3-4,7-8H,2,5-6,9-12,16H2,1H3,(H,17,18). The lowest BCUT2D eigenvalue weighted by Crippen LogP contribution is -2.24. The second-order valence-corrected chi connectivity index (χ2v) is 5.59. The number of nitrogen functional groups attached to an aromatic ring is 1. The summed E-state index contributed by atoms with van der Waals surface area (Å²) < 4.78 is 0. The third-order valence-corrected chi connectivity index (χ3v) is 3.72. The number of rotatable bonds is 9. The van der Waals surface area contributed by atoms with Gasteiger partial charge in [0.05, 0.1) is 0 Å². The largest absolute Gasteiger partial charge is 0.399 e. The predicted octanol–water partition coefficient (Wildman–Crippen LogP) is 2.85. The summed E-state index contributed by atoms with van der Waals surface area (Å²) in [5, 5.41) is 2.96. The van der Waals surface area contributed by atoms with Crippen LogP contribution in [0, 0.1) is 0 Å². The van der Waals surface area contributed by atoms with Crippen molar-refractivity contribution in [2.24, 2.45) is 0 Å². The maximum Gasteiger partial charge on any atom is 0.220 e. The first-order valence-corrected chi connectivity index (χ1v) is 8.22. The molecule has 1 aromatic carbocycles. The normalized spacial score (nSPS) is 10.4. The number of aryl methyl sites for hydroxylation is 1. The number of benzene rings is 1. The molecule has 3 N–H and O–H groups in total. The molecule has 0 saturated carbocycles. The first-order chi connectivity index (χ1) is 9.24. The van der Waals surface area contributed by atoms with Gasteiger partial charge in [-0.15, -0.1) is 0 Å². The van der Waals surface area contributed by atoms with Crippen LogP contribution in [0.4, 0.5) is 5.69 Å². The van der Waals surface area contributed by atoms with E-state index in [-0.39, 0.29) is 5.91 Å². The van der Waals surface area contributed by atoms with Crippen LogP contribution in [-0.4, -0.2) is 24.5 Å². The molecule has 0 aliphatic carbocycles. The van der Waals surface area contributed by atoms with Crippen molar-refractivity contribution >= 4 is 23.4 Å². The van der Waals surface area contributed by atoms with Crippen molar-refractivity contribution in [1.29, 1.82) is 0 Å². The molecule has 0 atom stereocenters. The minimum absolute atomic E-state index is 0.119. The minimum Gasteiger partial charge on any atom is -0.399 e. The molecule has 0 radical (unpaired) electrons. The van der Waals surface area contributed by atoms with Crippen LogP contribution in [0.25, 0.3) is 0 Å². The van der Waals surface area contributed by atoms with Crippen LogP contribution >= 0.6 is 11.8 Å². The number of hydrogen-bond acceptors (Lipinski definition) is 3. The highest BCUT2D eigenvalue weighted by Crippen LogP contribution is 2.12. The molecule has 0 heterocycles. The Bertz CT molecular complexity index is 382. The van der Waals surface area contributed by atoms with E-state index in [1.165, 1.54) is 18.6 Å². The number of carbonyl (C=O) groups is 1. The Hall–Kier alpha value is -1.16. The first-order valence-electron chi connectivity index (χ1n) is 6.83. The van der Waals surface area contributed by atoms with E-state index in [9.17, 15) is 4.79 Å². The van der Waals surface area contributed by atoms with Crippen LogP contribution in [0.15, 0.2) is 24.3 Å². The molecule has 1 amide bonds. The van der Waals surface area contributed by atoms with E-state index in [1.54, 1.807) is 0 Å². The maximum absolute atomic E-state index is 11.7. The van der Waals surface area contributed by atoms with Gasteiger partial charge in [0.2, 0.25) is 5.91 Å². The van der Waals surface area contributed by atoms with E-state index >= 15 is 0 Å². The van der Waals surface area contributed by atoms with Gasteiger partial charge in [-0.2, -0.15) is 11.8 Å². The predicted molar refractivity (Wildman–Crippen MR) is 84.4 cm³/mol. The zero-order valence-electron chi connectivity index (χ0n) is 11.7. The van der Waals surface area contributed by atoms with Gasteiger partial charge in [0.1, 0.15) is 0 Å². The highest BCUT2D eigenvalue weighted by Gasteiger charge is 2.03. The lowest BCUT2D eigenvalue weighted by Gasteiger charge is -2.06. The number of nitrogens with one attached hydrogen (secondary N) is 1. The topological polar surface area (TPSA) is 55.1 Å². The summed E-state index contributed by atoms with van der Waals surface area (Å²) in [5.74, 6) is 1.33. The van der Waals surface area contributed by atoms with Gasteiger partial charge in [0.25, 0.3) is 0 Å². The lowest BCUT2D eigenvalue weighted by molar-refractivity contribution is -0.121. The van der Waals surface area contributed by atoms with E-state index in [4.69, 9.17) is 5.73 Å². The number of anilines is 1. The van der Waals surface area contributed by atoms with Crippen LogP contribution in [-0.2, 0) is 11.2 Å². The van der Waals surface area contributed by atoms with Gasteiger partial charge in [-0.05, 0) is 42.9 Å². The van der Waals surface area contributed by atoms with E-state index in [0.29, 0.717) is 12.8 Å². The van der Waals surface area contributed by atoms with Crippen molar-refractivity contribution in [2.45, 2.75) is 32.1 Å². The van der Waals surface area contributed by atoms with Crippen LogP contribution in [0.2, 0.25) is 0 Å². The SMILES string of the molecule is CSCCCCCNC(=O)CCc1ccccc1N. The number of carbonyl (C=O) groups excluding carboxylic acids is 1. The Labute approximate surface area is 120 Å². The van der Waals surface area contributed by atoms with Crippen LogP contribution in [0.5, 0.6) is 0 Å². The number of hydrogen-bond donors (Lipinski definition) is 2. The van der Waals surface area contributed by atoms with E-state index in [2.05, 4.69) is 11.6 Å². The molecule has 0 aliphatic heterocycles. The third kappa shape index (κ3) is 7.11. The van der Waals surface area contributed by atoms with Crippen LogP contribution in [0.3, 0.4) is 0 Å². The van der Waals surface area contributed by atoms with Gasteiger partial charge in [-0.1, -0.05) is 24.6 Å². The summed E-state index contributed by atoms with van der Waals surface area (Å²) in [6, 6.07) is 7.72. The van der Waals surface area contributed by atoms with Crippen molar-refractivity contribution in [3.05, 3.63) is 29.8 Å². The van der Waals surface area contributed by atoms with Crippen molar-refractivity contribution in [3.8, 4) is 0 Å². The molecule has 0 unspecified atom stereocenters. The smallest absolute Gasteiger partial charge is 0.220 e. The summed E-state index contributed by atoms with van der Waals surface area (Å²) in [5.41, 5.74) is 7.67. The number of para-hydroxylation sites is 1. The zero-order valence-corrected chi connectivity index (χ0v) is 12.5. The van der Waals surface area contributed by atoms with Crippen LogP contribution < -0.4 is 11.1 Å². The average Bonchev–Trinajstić information content (AvgIpc) is 2.42. The molecule has 1 aromatic rings. The average molecular weight is 280 g/mol. The fourth-order valence-electron chi connectivity index (χ4n) is 1.87. The second-order valence-electron chi connectivity index (χ2n) is 4.60. The summed E-state index contributed by atoms with van der Waals surface area (Å²) in [6.07, 6.45) is 6.84. The molecule has 106 valence electrons. The van der Waals surface area contributed by atoms with Gasteiger partial charge in [-0.3, -0.25) is 4.79 Å². The molecule has 4 heteroatoms. The highest BCUT2D eigenvalue weighted by molar-refractivity contribution is 7.98. The van der Waals surface area contributed by atoms with Crippen molar-refractivity contribution in [3.63, 3.8) is 0 Å². The van der Waals surface area contributed by atoms with Gasteiger partial charge in [0, 0.05) is 18.7 Å². The second kappa shape index (κ2) is 9.73. The Morgan fingerprint density at radius 1 is 1.26 bits per heavy atom. The lowest BCUT2D eigenvalue weighted by atomic mass is 10.1. The van der Waals surface area contributed by atoms with Crippen LogP contribution in [0.1, 0.15) is 31.2 Å². The molecule has 0 aromatic heterocycles. The Morgan fingerprint density at radius 2 is 2.05 bits per heavy atom. The van der Waals surface area contributed by atoms with Crippen molar-refractivity contribution < 1.29 is 4.79 Å². The monoisotopic (exact) mass is 280 g/mol. The number of unbranched alkanes of at least 4 members (excludes halogenated alkanes) is 2. The summed E-state index contributed by atoms with van der Waals surface area (Å²) in [6.45, 7) is 0.789. The van der Waals surface area contributed by atoms with Gasteiger partial charge in [-0.25, -0.2) is 0 Å². The van der Waals surface area contributed by atoms with Crippen molar-refractivity contribution in [1.82, 2.24) is 5.32 Å². The molecule has 0 fully saturated rings. The number of amides is 1. The Kier molecular flexibility index (Phi) is 8.14. The first kappa shape index (κ1) is 15.9. The molecule has 0 aliphatic rings. The molecule has 19 heavy (non-hydrogen) atoms. The minimum atomic E-state index is 0.119. The summed E-state index contributed by atoms with van der Waals surface area (Å²) in [4.78, 5) is 11.7. The van der Waals surface area contributed by atoms with Gasteiger partial charge in [0.15, 0.2) is 0 Å². The van der Waals surface area contributed by atoms with Gasteiger partial charge >= 0.3 is 0 Å².